The Kier molecular flexibility index (Phi) is 5.92. The van der Waals surface area contributed by atoms with Crippen LogP contribution < -0.4 is 16.6 Å². The first kappa shape index (κ1) is 17.7. The van der Waals surface area contributed by atoms with Crippen LogP contribution in [0.5, 0.6) is 0 Å². The number of rotatable bonds is 7. The van der Waals surface area contributed by atoms with Crippen LogP contribution in [0.25, 0.3) is 0 Å². The van der Waals surface area contributed by atoms with Gasteiger partial charge in [0, 0.05) is 24.6 Å². The molecule has 1 heterocycles. The fourth-order valence-corrected chi connectivity index (χ4v) is 1.92. The average Bonchev–Trinajstić information content (AvgIpc) is 2.42. The molecule has 0 saturated heterocycles. The molecular formula is C15H29N5O. The Hall–Kier alpha value is -1.40. The van der Waals surface area contributed by atoms with Gasteiger partial charge in [-0.15, -0.1) is 0 Å². The van der Waals surface area contributed by atoms with Crippen LogP contribution in [0.3, 0.4) is 0 Å². The number of aromatic nitrogens is 2. The van der Waals surface area contributed by atoms with Gasteiger partial charge in [-0.1, -0.05) is 34.6 Å². The lowest BCUT2D eigenvalue weighted by Gasteiger charge is -2.25. The summed E-state index contributed by atoms with van der Waals surface area (Å²) in [5.41, 5.74) is 2.53. The van der Waals surface area contributed by atoms with Gasteiger partial charge in [0.25, 0.3) is 0 Å². The second-order valence-electron chi connectivity index (χ2n) is 7.20. The van der Waals surface area contributed by atoms with Crippen LogP contribution in [0.2, 0.25) is 0 Å². The highest BCUT2D eigenvalue weighted by Crippen LogP contribution is 2.25. The van der Waals surface area contributed by atoms with E-state index in [1.54, 1.807) is 6.07 Å². The van der Waals surface area contributed by atoms with Crippen LogP contribution in [0.4, 0.5) is 11.6 Å². The van der Waals surface area contributed by atoms with Gasteiger partial charge in [0.1, 0.15) is 17.5 Å². The fraction of sp³-hybridized carbons (Fsp3) is 0.733. The highest BCUT2D eigenvalue weighted by Gasteiger charge is 2.21. The summed E-state index contributed by atoms with van der Waals surface area (Å²) in [5, 5.41) is 12.3. The minimum atomic E-state index is -0.143. The van der Waals surface area contributed by atoms with Crippen molar-refractivity contribution in [3.63, 3.8) is 0 Å². The predicted octanol–water partition coefficient (Wildman–Crippen LogP) is 2.27. The molecule has 5 N–H and O–H groups in total. The first-order valence-electron chi connectivity index (χ1n) is 7.39. The van der Waals surface area contributed by atoms with Crippen LogP contribution >= 0.6 is 0 Å². The molecule has 0 spiro atoms. The molecule has 0 amide bonds. The van der Waals surface area contributed by atoms with Crippen molar-refractivity contribution in [2.24, 2.45) is 11.3 Å². The van der Waals surface area contributed by atoms with E-state index in [4.69, 9.17) is 10.9 Å². The summed E-state index contributed by atoms with van der Waals surface area (Å²) in [7, 11) is 0. The van der Waals surface area contributed by atoms with Crippen LogP contribution in [0.15, 0.2) is 6.07 Å². The molecule has 0 aliphatic rings. The summed E-state index contributed by atoms with van der Waals surface area (Å²) < 4.78 is 0. The molecule has 0 radical (unpaired) electrons. The third-order valence-corrected chi connectivity index (χ3v) is 3.30. The fourth-order valence-electron chi connectivity index (χ4n) is 1.92. The number of nitrogen functional groups attached to an aromatic ring is 1. The van der Waals surface area contributed by atoms with E-state index in [0.717, 1.165) is 31.0 Å². The van der Waals surface area contributed by atoms with Crippen molar-refractivity contribution < 1.29 is 5.11 Å². The summed E-state index contributed by atoms with van der Waals surface area (Å²) >= 11 is 0. The van der Waals surface area contributed by atoms with E-state index < -0.39 is 0 Å². The Morgan fingerprint density at radius 1 is 1.14 bits per heavy atom. The normalized spacial score (nSPS) is 12.3. The second kappa shape index (κ2) is 7.04. The van der Waals surface area contributed by atoms with Crippen molar-refractivity contribution in [2.45, 2.75) is 52.9 Å². The summed E-state index contributed by atoms with van der Waals surface area (Å²) in [4.78, 5) is 8.97. The molecule has 0 unspecified atom stereocenters. The quantitative estimate of drug-likeness (QED) is 0.455. The molecule has 6 nitrogen and oxygen atoms in total. The van der Waals surface area contributed by atoms with Crippen LogP contribution in [-0.4, -0.2) is 28.2 Å². The van der Waals surface area contributed by atoms with Gasteiger partial charge in [0.15, 0.2) is 0 Å². The standard InChI is InChI=1S/C15H29N5O/c1-14(2,3)13-18-11(9-12(19-13)20-16)17-10-15(4,5)7-6-8-21/h9,21H,6-8,10,16H2,1-5H3,(H2,17,18,19,20). The maximum absolute atomic E-state index is 8.95. The lowest BCUT2D eigenvalue weighted by molar-refractivity contribution is 0.248. The molecular weight excluding hydrogens is 266 g/mol. The Balaban J connectivity index is 2.83. The van der Waals surface area contributed by atoms with Gasteiger partial charge < -0.3 is 15.8 Å². The monoisotopic (exact) mass is 295 g/mol. The molecule has 6 heteroatoms. The third-order valence-electron chi connectivity index (χ3n) is 3.30. The molecule has 21 heavy (non-hydrogen) atoms. The van der Waals surface area contributed by atoms with Crippen LogP contribution in [0, 0.1) is 5.41 Å². The van der Waals surface area contributed by atoms with Crippen molar-refractivity contribution in [2.75, 3.05) is 23.9 Å². The number of aliphatic hydroxyl groups is 1. The van der Waals surface area contributed by atoms with E-state index in [-0.39, 0.29) is 17.4 Å². The van der Waals surface area contributed by atoms with Crippen molar-refractivity contribution in [3.05, 3.63) is 11.9 Å². The lowest BCUT2D eigenvalue weighted by Crippen LogP contribution is -2.25. The van der Waals surface area contributed by atoms with E-state index in [1.807, 2.05) is 0 Å². The number of nitrogens with one attached hydrogen (secondary N) is 2. The molecule has 0 bridgehead atoms. The minimum Gasteiger partial charge on any atom is -0.396 e. The number of hydrogen-bond acceptors (Lipinski definition) is 6. The van der Waals surface area contributed by atoms with Gasteiger partial charge in [-0.25, -0.2) is 15.8 Å². The SMILES string of the molecule is CC(C)(CCCO)CNc1cc(NN)nc(C(C)(C)C)n1. The van der Waals surface area contributed by atoms with Crippen molar-refractivity contribution in [1.29, 1.82) is 0 Å². The number of aliphatic hydroxyl groups excluding tert-OH is 1. The summed E-state index contributed by atoms with van der Waals surface area (Å²) in [5.74, 6) is 7.59. The van der Waals surface area contributed by atoms with Crippen molar-refractivity contribution in [3.8, 4) is 0 Å². The molecule has 0 aromatic carbocycles. The molecule has 120 valence electrons. The zero-order valence-electron chi connectivity index (χ0n) is 13.8. The summed E-state index contributed by atoms with van der Waals surface area (Å²) in [6.45, 7) is 11.5. The van der Waals surface area contributed by atoms with Crippen LogP contribution in [-0.2, 0) is 5.41 Å². The zero-order valence-corrected chi connectivity index (χ0v) is 13.8. The number of hydrogen-bond donors (Lipinski definition) is 4. The van der Waals surface area contributed by atoms with E-state index in [0.29, 0.717) is 5.82 Å². The average molecular weight is 295 g/mol. The number of nitrogens with zero attached hydrogens (tertiary/aromatic N) is 2. The van der Waals surface area contributed by atoms with E-state index >= 15 is 0 Å². The highest BCUT2D eigenvalue weighted by molar-refractivity contribution is 5.47. The molecule has 1 rings (SSSR count). The van der Waals surface area contributed by atoms with E-state index in [1.165, 1.54) is 0 Å². The van der Waals surface area contributed by atoms with Gasteiger partial charge in [0.05, 0.1) is 0 Å². The van der Waals surface area contributed by atoms with Gasteiger partial charge >= 0.3 is 0 Å². The summed E-state index contributed by atoms with van der Waals surface area (Å²) in [6, 6.07) is 1.80. The third kappa shape index (κ3) is 5.85. The first-order valence-corrected chi connectivity index (χ1v) is 7.39. The van der Waals surface area contributed by atoms with E-state index in [2.05, 4.69) is 55.3 Å². The first-order chi connectivity index (χ1) is 9.68. The Bertz CT molecular complexity index is 454. The smallest absolute Gasteiger partial charge is 0.145 e. The topological polar surface area (TPSA) is 96.1 Å². The van der Waals surface area contributed by atoms with Gasteiger partial charge in [-0.2, -0.15) is 0 Å². The molecule has 0 saturated carbocycles. The minimum absolute atomic E-state index is 0.0892. The number of anilines is 2. The maximum atomic E-state index is 8.95. The maximum Gasteiger partial charge on any atom is 0.145 e. The number of hydrazine groups is 1. The largest absolute Gasteiger partial charge is 0.396 e. The molecule has 1 aromatic heterocycles. The molecule has 0 atom stereocenters. The van der Waals surface area contributed by atoms with Gasteiger partial charge in [-0.05, 0) is 18.3 Å². The molecule has 0 fully saturated rings. The van der Waals surface area contributed by atoms with Gasteiger partial charge in [-0.3, -0.25) is 0 Å². The van der Waals surface area contributed by atoms with Gasteiger partial charge in [0.2, 0.25) is 0 Å². The summed E-state index contributed by atoms with van der Waals surface area (Å²) in [6.07, 6.45) is 1.76. The predicted molar refractivity (Wildman–Crippen MR) is 87.1 cm³/mol. The van der Waals surface area contributed by atoms with Crippen molar-refractivity contribution in [1.82, 2.24) is 9.97 Å². The Labute approximate surface area is 127 Å². The Morgan fingerprint density at radius 3 is 2.29 bits per heavy atom. The second-order valence-corrected chi connectivity index (χ2v) is 7.20. The zero-order chi connectivity index (χ0) is 16.1. The highest BCUT2D eigenvalue weighted by atomic mass is 16.2. The number of nitrogens with two attached hydrogens (primary N) is 1. The lowest BCUT2D eigenvalue weighted by atomic mass is 9.88. The van der Waals surface area contributed by atoms with Crippen LogP contribution in [0.1, 0.15) is 53.3 Å². The molecule has 1 aromatic rings. The van der Waals surface area contributed by atoms with E-state index in [9.17, 15) is 0 Å². The Morgan fingerprint density at radius 2 is 1.76 bits per heavy atom. The molecule has 0 aliphatic carbocycles. The molecule has 0 aliphatic heterocycles. The van der Waals surface area contributed by atoms with Crippen molar-refractivity contribution >= 4 is 11.6 Å².